The third kappa shape index (κ3) is 1.70. The van der Waals surface area contributed by atoms with Gasteiger partial charge < -0.3 is 10.2 Å². The van der Waals surface area contributed by atoms with Crippen LogP contribution in [0.1, 0.15) is 16.7 Å². The van der Waals surface area contributed by atoms with Gasteiger partial charge in [0.2, 0.25) is 0 Å². The van der Waals surface area contributed by atoms with E-state index in [1.54, 1.807) is 17.6 Å². The third-order valence-electron chi connectivity index (χ3n) is 1.78. The van der Waals surface area contributed by atoms with Crippen LogP contribution in [0.25, 0.3) is 0 Å². The average molecular weight is 258 g/mol. The molecule has 0 aliphatic carbocycles. The van der Waals surface area contributed by atoms with E-state index < -0.39 is 0 Å². The fraction of sp³-hybridized carbons (Fsp3) is 0.111. The molecule has 2 aromatic rings. The van der Waals surface area contributed by atoms with Gasteiger partial charge in [-0.2, -0.15) is 0 Å². The Balaban J connectivity index is 2.33. The first kappa shape index (κ1) is 8.99. The van der Waals surface area contributed by atoms with Crippen LogP contribution < -0.4 is 5.73 Å². The molecular formula is C9H8BrNOS. The molecule has 0 spiro atoms. The maximum atomic E-state index is 5.99. The van der Waals surface area contributed by atoms with E-state index in [4.69, 9.17) is 10.2 Å². The molecule has 68 valence electrons. The Morgan fingerprint density at radius 3 is 2.85 bits per heavy atom. The highest BCUT2D eigenvalue weighted by molar-refractivity contribution is 9.10. The molecule has 0 radical (unpaired) electrons. The summed E-state index contributed by atoms with van der Waals surface area (Å²) in [5.74, 6) is 0.780. The predicted molar refractivity (Wildman–Crippen MR) is 56.8 cm³/mol. The molecule has 0 aromatic carbocycles. The number of hydrogen-bond acceptors (Lipinski definition) is 3. The maximum Gasteiger partial charge on any atom is 0.139 e. The zero-order valence-electron chi connectivity index (χ0n) is 6.74. The van der Waals surface area contributed by atoms with Crippen LogP contribution in [0.2, 0.25) is 0 Å². The molecule has 0 amide bonds. The van der Waals surface area contributed by atoms with Crippen molar-refractivity contribution in [1.82, 2.24) is 0 Å². The van der Waals surface area contributed by atoms with E-state index in [2.05, 4.69) is 15.9 Å². The van der Waals surface area contributed by atoms with E-state index in [0.29, 0.717) is 0 Å². The Morgan fingerprint density at radius 2 is 2.31 bits per heavy atom. The van der Waals surface area contributed by atoms with Crippen LogP contribution in [0.4, 0.5) is 0 Å². The Labute approximate surface area is 88.5 Å². The molecule has 0 aliphatic heterocycles. The lowest BCUT2D eigenvalue weighted by atomic mass is 10.2. The van der Waals surface area contributed by atoms with Gasteiger partial charge in [0.25, 0.3) is 0 Å². The number of nitrogens with two attached hydrogens (primary N) is 1. The van der Waals surface area contributed by atoms with Crippen LogP contribution in [-0.2, 0) is 0 Å². The summed E-state index contributed by atoms with van der Waals surface area (Å²) >= 11 is 5.02. The van der Waals surface area contributed by atoms with E-state index in [1.807, 2.05) is 23.6 Å². The molecular weight excluding hydrogens is 250 g/mol. The fourth-order valence-corrected chi connectivity index (χ4v) is 2.30. The van der Waals surface area contributed by atoms with Crippen LogP contribution in [0.5, 0.6) is 0 Å². The van der Waals surface area contributed by atoms with Crippen molar-refractivity contribution in [3.63, 3.8) is 0 Å². The first-order chi connectivity index (χ1) is 6.29. The van der Waals surface area contributed by atoms with Crippen LogP contribution >= 0.6 is 27.3 Å². The lowest BCUT2D eigenvalue weighted by Gasteiger charge is -2.05. The molecule has 2 nitrogen and oxygen atoms in total. The van der Waals surface area contributed by atoms with Gasteiger partial charge in [-0.15, -0.1) is 11.3 Å². The molecule has 0 fully saturated rings. The minimum absolute atomic E-state index is 0.163. The van der Waals surface area contributed by atoms with Crippen molar-refractivity contribution >= 4 is 27.3 Å². The van der Waals surface area contributed by atoms with Crippen LogP contribution in [0, 0.1) is 0 Å². The van der Waals surface area contributed by atoms with E-state index in [-0.39, 0.29) is 6.04 Å². The molecule has 2 rings (SSSR count). The Kier molecular flexibility index (Phi) is 2.53. The smallest absolute Gasteiger partial charge is 0.139 e. The highest BCUT2D eigenvalue weighted by Gasteiger charge is 2.15. The molecule has 0 aliphatic rings. The lowest BCUT2D eigenvalue weighted by Crippen LogP contribution is -2.09. The topological polar surface area (TPSA) is 39.2 Å². The number of thiophene rings is 1. The van der Waals surface area contributed by atoms with Gasteiger partial charge in [0.05, 0.1) is 16.8 Å². The van der Waals surface area contributed by atoms with E-state index >= 15 is 0 Å². The highest BCUT2D eigenvalue weighted by Crippen LogP contribution is 2.29. The molecule has 0 saturated carbocycles. The zero-order chi connectivity index (χ0) is 9.26. The van der Waals surface area contributed by atoms with Crippen molar-refractivity contribution in [3.05, 3.63) is 45.0 Å². The van der Waals surface area contributed by atoms with Gasteiger partial charge in [-0.1, -0.05) is 6.07 Å². The second-order valence-corrected chi connectivity index (χ2v) is 4.46. The number of halogens is 1. The van der Waals surface area contributed by atoms with Crippen molar-refractivity contribution in [2.45, 2.75) is 6.04 Å². The molecule has 0 bridgehead atoms. The highest BCUT2D eigenvalue weighted by atomic mass is 79.9. The average Bonchev–Trinajstić information content (AvgIpc) is 2.72. The van der Waals surface area contributed by atoms with Crippen LogP contribution in [0.15, 0.2) is 38.7 Å². The first-order valence-corrected chi connectivity index (χ1v) is 5.48. The minimum Gasteiger partial charge on any atom is -0.466 e. The molecule has 4 heteroatoms. The predicted octanol–water partition coefficient (Wildman–Crippen LogP) is 3.15. The van der Waals surface area contributed by atoms with E-state index in [9.17, 15) is 0 Å². The summed E-state index contributed by atoms with van der Waals surface area (Å²) in [6.07, 6.45) is 1.63. The van der Waals surface area contributed by atoms with Crippen LogP contribution in [-0.4, -0.2) is 0 Å². The summed E-state index contributed by atoms with van der Waals surface area (Å²) in [5.41, 5.74) is 5.99. The normalized spacial score (nSPS) is 13.1. The Morgan fingerprint density at radius 1 is 1.46 bits per heavy atom. The second-order valence-electron chi connectivity index (χ2n) is 2.63. The summed E-state index contributed by atoms with van der Waals surface area (Å²) in [7, 11) is 0. The second kappa shape index (κ2) is 3.65. The van der Waals surface area contributed by atoms with Crippen molar-refractivity contribution in [3.8, 4) is 0 Å². The van der Waals surface area contributed by atoms with Gasteiger partial charge >= 0.3 is 0 Å². The van der Waals surface area contributed by atoms with E-state index in [1.165, 1.54) is 0 Å². The van der Waals surface area contributed by atoms with Gasteiger partial charge in [-0.25, -0.2) is 0 Å². The minimum atomic E-state index is -0.163. The summed E-state index contributed by atoms with van der Waals surface area (Å²) in [6, 6.07) is 5.67. The third-order valence-corrected chi connectivity index (χ3v) is 3.39. The SMILES string of the molecule is NC(c1cccs1)c1occc1Br. The molecule has 0 saturated heterocycles. The molecule has 2 N–H and O–H groups in total. The molecule has 13 heavy (non-hydrogen) atoms. The molecule has 1 atom stereocenters. The zero-order valence-corrected chi connectivity index (χ0v) is 9.14. The van der Waals surface area contributed by atoms with Gasteiger partial charge in [0.1, 0.15) is 5.76 Å². The summed E-state index contributed by atoms with van der Waals surface area (Å²) in [4.78, 5) is 1.11. The summed E-state index contributed by atoms with van der Waals surface area (Å²) in [5, 5.41) is 2.01. The van der Waals surface area contributed by atoms with Gasteiger partial charge in [0.15, 0.2) is 0 Å². The van der Waals surface area contributed by atoms with Crippen LogP contribution in [0.3, 0.4) is 0 Å². The quantitative estimate of drug-likeness (QED) is 0.898. The molecule has 2 heterocycles. The first-order valence-electron chi connectivity index (χ1n) is 3.81. The van der Waals surface area contributed by atoms with Gasteiger partial charge in [0, 0.05) is 4.88 Å². The van der Waals surface area contributed by atoms with Gasteiger partial charge in [-0.05, 0) is 33.4 Å². The summed E-state index contributed by atoms with van der Waals surface area (Å²) in [6.45, 7) is 0. The fourth-order valence-electron chi connectivity index (χ4n) is 1.12. The molecule has 2 aromatic heterocycles. The number of hydrogen-bond donors (Lipinski definition) is 1. The van der Waals surface area contributed by atoms with Gasteiger partial charge in [-0.3, -0.25) is 0 Å². The maximum absolute atomic E-state index is 5.99. The number of rotatable bonds is 2. The Hall–Kier alpha value is -0.580. The lowest BCUT2D eigenvalue weighted by molar-refractivity contribution is 0.489. The molecule has 1 unspecified atom stereocenters. The van der Waals surface area contributed by atoms with Crippen molar-refractivity contribution in [1.29, 1.82) is 0 Å². The monoisotopic (exact) mass is 257 g/mol. The van der Waals surface area contributed by atoms with Crippen molar-refractivity contribution < 1.29 is 4.42 Å². The number of furan rings is 1. The standard InChI is InChI=1S/C9H8BrNOS/c10-6-3-4-12-9(6)8(11)7-2-1-5-13-7/h1-5,8H,11H2. The summed E-state index contributed by atoms with van der Waals surface area (Å²) < 4.78 is 6.21. The Bertz CT molecular complexity index is 382. The van der Waals surface area contributed by atoms with E-state index in [0.717, 1.165) is 15.1 Å². The van der Waals surface area contributed by atoms with Crippen molar-refractivity contribution in [2.75, 3.05) is 0 Å². The largest absolute Gasteiger partial charge is 0.466 e. The van der Waals surface area contributed by atoms with Crippen molar-refractivity contribution in [2.24, 2.45) is 5.73 Å².